The van der Waals surface area contributed by atoms with E-state index in [4.69, 9.17) is 11.6 Å². The van der Waals surface area contributed by atoms with E-state index in [1.165, 1.54) is 11.3 Å². The quantitative estimate of drug-likeness (QED) is 0.718. The molecule has 0 bridgehead atoms. The van der Waals surface area contributed by atoms with Gasteiger partial charge < -0.3 is 5.32 Å². The van der Waals surface area contributed by atoms with E-state index in [0.717, 1.165) is 21.6 Å². The Kier molecular flexibility index (Phi) is 4.56. The summed E-state index contributed by atoms with van der Waals surface area (Å²) in [5.74, 6) is -0.0752. The van der Waals surface area contributed by atoms with E-state index in [-0.39, 0.29) is 5.91 Å². The van der Waals surface area contributed by atoms with E-state index < -0.39 is 0 Å². The molecule has 0 aliphatic carbocycles. The zero-order chi connectivity index (χ0) is 15.4. The van der Waals surface area contributed by atoms with Crippen LogP contribution in [0, 0.1) is 0 Å². The molecule has 1 N–H and O–H groups in total. The molecule has 0 saturated heterocycles. The number of amides is 1. The van der Waals surface area contributed by atoms with Gasteiger partial charge in [0.2, 0.25) is 0 Å². The highest BCUT2D eigenvalue weighted by atomic mass is 35.5. The Bertz CT molecular complexity index is 783. The average molecular weight is 328 g/mol. The molecule has 1 heterocycles. The molecule has 0 radical (unpaired) electrons. The van der Waals surface area contributed by atoms with Crippen LogP contribution in [0.25, 0.3) is 11.1 Å². The summed E-state index contributed by atoms with van der Waals surface area (Å²) >= 11 is 7.56. The summed E-state index contributed by atoms with van der Waals surface area (Å²) in [6.07, 6.45) is 0. The number of carbonyl (C=O) groups is 1. The Hall–Kier alpha value is -2.10. The SMILES string of the molecule is O=C(NCc1ccccc1Cl)c1sccc1-c1ccccc1. The number of thiophene rings is 1. The lowest BCUT2D eigenvalue weighted by Crippen LogP contribution is -2.22. The normalized spacial score (nSPS) is 10.4. The number of rotatable bonds is 4. The van der Waals surface area contributed by atoms with Gasteiger partial charge in [0.15, 0.2) is 0 Å². The van der Waals surface area contributed by atoms with Crippen LogP contribution in [0.3, 0.4) is 0 Å². The molecule has 3 rings (SSSR count). The molecule has 3 aromatic rings. The third-order valence-corrected chi connectivity index (χ3v) is 4.64. The van der Waals surface area contributed by atoms with Crippen LogP contribution in [-0.2, 0) is 6.54 Å². The molecule has 0 spiro atoms. The fourth-order valence-corrected chi connectivity index (χ4v) is 3.26. The summed E-state index contributed by atoms with van der Waals surface area (Å²) in [6.45, 7) is 0.421. The number of halogens is 1. The number of benzene rings is 2. The molecule has 1 amide bonds. The minimum Gasteiger partial charge on any atom is -0.347 e. The van der Waals surface area contributed by atoms with Gasteiger partial charge in [-0.3, -0.25) is 4.79 Å². The minimum absolute atomic E-state index is 0.0752. The first-order valence-electron chi connectivity index (χ1n) is 6.90. The van der Waals surface area contributed by atoms with Crippen molar-refractivity contribution >= 4 is 28.8 Å². The van der Waals surface area contributed by atoms with Gasteiger partial charge in [0, 0.05) is 17.1 Å². The number of hydrogen-bond acceptors (Lipinski definition) is 2. The lowest BCUT2D eigenvalue weighted by Gasteiger charge is -2.07. The van der Waals surface area contributed by atoms with Gasteiger partial charge in [0.1, 0.15) is 0 Å². The van der Waals surface area contributed by atoms with Gasteiger partial charge in [-0.1, -0.05) is 60.1 Å². The third-order valence-electron chi connectivity index (χ3n) is 3.35. The van der Waals surface area contributed by atoms with Crippen molar-refractivity contribution in [2.45, 2.75) is 6.54 Å². The maximum Gasteiger partial charge on any atom is 0.262 e. The Labute approximate surface area is 138 Å². The molecule has 0 aliphatic heterocycles. The van der Waals surface area contributed by atoms with Crippen molar-refractivity contribution in [2.24, 2.45) is 0 Å². The van der Waals surface area contributed by atoms with Gasteiger partial charge in [-0.05, 0) is 28.6 Å². The average Bonchev–Trinajstić information content (AvgIpc) is 3.04. The van der Waals surface area contributed by atoms with E-state index in [9.17, 15) is 4.79 Å². The Morgan fingerprint density at radius 1 is 1.00 bits per heavy atom. The first-order chi connectivity index (χ1) is 10.8. The van der Waals surface area contributed by atoms with Gasteiger partial charge in [-0.25, -0.2) is 0 Å². The molecule has 110 valence electrons. The van der Waals surface area contributed by atoms with Crippen molar-refractivity contribution in [2.75, 3.05) is 0 Å². The minimum atomic E-state index is -0.0752. The maximum atomic E-state index is 12.4. The fraction of sp³-hybridized carbons (Fsp3) is 0.0556. The summed E-state index contributed by atoms with van der Waals surface area (Å²) in [7, 11) is 0. The van der Waals surface area contributed by atoms with Crippen molar-refractivity contribution in [3.63, 3.8) is 0 Å². The molecule has 0 unspecified atom stereocenters. The standard InChI is InChI=1S/C18H14ClNOS/c19-16-9-5-4-8-14(16)12-20-18(21)17-15(10-11-22-17)13-6-2-1-3-7-13/h1-11H,12H2,(H,20,21). The largest absolute Gasteiger partial charge is 0.347 e. The van der Waals surface area contributed by atoms with Crippen LogP contribution in [-0.4, -0.2) is 5.91 Å². The van der Waals surface area contributed by atoms with Crippen LogP contribution in [0.4, 0.5) is 0 Å². The van der Waals surface area contributed by atoms with Crippen molar-refractivity contribution < 1.29 is 4.79 Å². The van der Waals surface area contributed by atoms with E-state index in [1.54, 1.807) is 0 Å². The molecule has 1 aromatic heterocycles. The summed E-state index contributed by atoms with van der Waals surface area (Å²) in [5.41, 5.74) is 2.92. The highest BCUT2D eigenvalue weighted by molar-refractivity contribution is 7.12. The van der Waals surface area contributed by atoms with Crippen LogP contribution < -0.4 is 5.32 Å². The molecule has 2 aromatic carbocycles. The van der Waals surface area contributed by atoms with E-state index >= 15 is 0 Å². The predicted octanol–water partition coefficient (Wildman–Crippen LogP) is 5.00. The lowest BCUT2D eigenvalue weighted by atomic mass is 10.1. The van der Waals surface area contributed by atoms with Crippen LogP contribution >= 0.6 is 22.9 Å². The van der Waals surface area contributed by atoms with Gasteiger partial charge >= 0.3 is 0 Å². The molecule has 2 nitrogen and oxygen atoms in total. The maximum absolute atomic E-state index is 12.4. The number of hydrogen-bond donors (Lipinski definition) is 1. The number of nitrogens with one attached hydrogen (secondary N) is 1. The van der Waals surface area contributed by atoms with Gasteiger partial charge in [0.25, 0.3) is 5.91 Å². The zero-order valence-electron chi connectivity index (χ0n) is 11.8. The first kappa shape index (κ1) is 14.8. The second-order valence-electron chi connectivity index (χ2n) is 4.80. The van der Waals surface area contributed by atoms with Crippen LogP contribution in [0.1, 0.15) is 15.2 Å². The van der Waals surface area contributed by atoms with Crippen molar-refractivity contribution in [3.8, 4) is 11.1 Å². The topological polar surface area (TPSA) is 29.1 Å². The van der Waals surface area contributed by atoms with E-state index in [1.807, 2.05) is 66.0 Å². The van der Waals surface area contributed by atoms with Crippen LogP contribution in [0.5, 0.6) is 0 Å². The molecule has 0 aliphatic rings. The molecule has 0 saturated carbocycles. The summed E-state index contributed by atoms with van der Waals surface area (Å²) < 4.78 is 0. The number of carbonyl (C=O) groups excluding carboxylic acids is 1. The first-order valence-corrected chi connectivity index (χ1v) is 8.16. The smallest absolute Gasteiger partial charge is 0.262 e. The zero-order valence-corrected chi connectivity index (χ0v) is 13.3. The second kappa shape index (κ2) is 6.77. The Balaban J connectivity index is 1.77. The van der Waals surface area contributed by atoms with Gasteiger partial charge in [0.05, 0.1) is 4.88 Å². The van der Waals surface area contributed by atoms with Crippen LogP contribution in [0.15, 0.2) is 66.0 Å². The summed E-state index contributed by atoms with van der Waals surface area (Å²) in [6, 6.07) is 19.4. The van der Waals surface area contributed by atoms with E-state index in [2.05, 4.69) is 5.32 Å². The predicted molar refractivity (Wildman–Crippen MR) is 92.4 cm³/mol. The fourth-order valence-electron chi connectivity index (χ4n) is 2.23. The second-order valence-corrected chi connectivity index (χ2v) is 6.13. The molecular weight excluding hydrogens is 314 g/mol. The summed E-state index contributed by atoms with van der Waals surface area (Å²) in [5, 5.41) is 5.54. The molecule has 4 heteroatoms. The van der Waals surface area contributed by atoms with E-state index in [0.29, 0.717) is 11.6 Å². The van der Waals surface area contributed by atoms with Crippen LogP contribution in [0.2, 0.25) is 5.02 Å². The molecule has 0 fully saturated rings. The highest BCUT2D eigenvalue weighted by Gasteiger charge is 2.14. The monoisotopic (exact) mass is 327 g/mol. The highest BCUT2D eigenvalue weighted by Crippen LogP contribution is 2.28. The lowest BCUT2D eigenvalue weighted by molar-refractivity contribution is 0.0955. The van der Waals surface area contributed by atoms with Gasteiger partial charge in [-0.2, -0.15) is 0 Å². The molecular formula is C18H14ClNOS. The Morgan fingerprint density at radius 2 is 1.73 bits per heavy atom. The molecule has 22 heavy (non-hydrogen) atoms. The molecule has 0 atom stereocenters. The third kappa shape index (κ3) is 3.21. The van der Waals surface area contributed by atoms with Crippen molar-refractivity contribution in [1.82, 2.24) is 5.32 Å². The Morgan fingerprint density at radius 3 is 2.50 bits per heavy atom. The van der Waals surface area contributed by atoms with Crippen molar-refractivity contribution in [1.29, 1.82) is 0 Å². The summed E-state index contributed by atoms with van der Waals surface area (Å²) in [4.78, 5) is 13.2. The van der Waals surface area contributed by atoms with Gasteiger partial charge in [-0.15, -0.1) is 11.3 Å². The van der Waals surface area contributed by atoms with Crippen molar-refractivity contribution in [3.05, 3.63) is 81.5 Å².